The molecule has 1 heterocycles. The van der Waals surface area contributed by atoms with Gasteiger partial charge in [0.05, 0.1) is 11.4 Å². The van der Waals surface area contributed by atoms with Gasteiger partial charge in [-0.2, -0.15) is 5.10 Å². The van der Waals surface area contributed by atoms with E-state index in [9.17, 15) is 5.11 Å². The van der Waals surface area contributed by atoms with Crippen LogP contribution in [0, 0.1) is 18.8 Å². The van der Waals surface area contributed by atoms with Gasteiger partial charge in [0.25, 0.3) is 0 Å². The lowest BCUT2D eigenvalue weighted by atomic mass is 9.97. The number of aryl methyl sites for hydroxylation is 2. The number of rotatable bonds is 4. The zero-order chi connectivity index (χ0) is 12.4. The topological polar surface area (TPSA) is 76.1 Å². The van der Waals surface area contributed by atoms with Crippen LogP contribution in [0.5, 0.6) is 0 Å². The van der Waals surface area contributed by atoms with Crippen molar-refractivity contribution < 1.29 is 5.11 Å². The molecule has 1 aromatic rings. The fourth-order valence-corrected chi connectivity index (χ4v) is 2.73. The summed E-state index contributed by atoms with van der Waals surface area (Å²) in [5.41, 5.74) is 7.55. The first kappa shape index (κ1) is 12.2. The lowest BCUT2D eigenvalue weighted by Gasteiger charge is -2.18. The van der Waals surface area contributed by atoms with Gasteiger partial charge in [-0.05, 0) is 31.6 Å². The molecular formula is C12H22N4O. The molecule has 1 fully saturated rings. The largest absolute Gasteiger partial charge is 0.396 e. The van der Waals surface area contributed by atoms with Crippen LogP contribution in [0.25, 0.3) is 0 Å². The summed E-state index contributed by atoms with van der Waals surface area (Å²) in [6.45, 7) is 3.08. The highest BCUT2D eigenvalue weighted by Gasteiger charge is 2.26. The molecule has 0 saturated heterocycles. The van der Waals surface area contributed by atoms with Crippen LogP contribution in [0.4, 0.5) is 11.5 Å². The summed E-state index contributed by atoms with van der Waals surface area (Å²) in [6, 6.07) is 0. The Hall–Kier alpha value is -1.23. The summed E-state index contributed by atoms with van der Waals surface area (Å²) in [5, 5.41) is 16.9. The van der Waals surface area contributed by atoms with Crippen LogP contribution >= 0.6 is 0 Å². The third kappa shape index (κ3) is 2.39. The molecule has 17 heavy (non-hydrogen) atoms. The molecule has 0 bridgehead atoms. The van der Waals surface area contributed by atoms with Crippen LogP contribution < -0.4 is 11.1 Å². The molecule has 5 heteroatoms. The van der Waals surface area contributed by atoms with Crippen molar-refractivity contribution in [1.82, 2.24) is 9.78 Å². The predicted octanol–water partition coefficient (Wildman–Crippen LogP) is 1.13. The lowest BCUT2D eigenvalue weighted by molar-refractivity contribution is 0.199. The minimum Gasteiger partial charge on any atom is -0.396 e. The van der Waals surface area contributed by atoms with Gasteiger partial charge in [0.1, 0.15) is 5.82 Å². The van der Waals surface area contributed by atoms with Crippen LogP contribution in [0.15, 0.2) is 0 Å². The molecule has 0 spiro atoms. The fraction of sp³-hybridized carbons (Fsp3) is 0.750. The predicted molar refractivity (Wildman–Crippen MR) is 68.8 cm³/mol. The van der Waals surface area contributed by atoms with E-state index in [4.69, 9.17) is 5.73 Å². The number of aliphatic hydroxyl groups is 1. The second-order valence-electron chi connectivity index (χ2n) is 4.99. The summed E-state index contributed by atoms with van der Waals surface area (Å²) in [5.74, 6) is 1.89. The van der Waals surface area contributed by atoms with Crippen molar-refractivity contribution in [2.75, 3.05) is 24.2 Å². The van der Waals surface area contributed by atoms with Crippen molar-refractivity contribution in [1.29, 1.82) is 0 Å². The molecule has 4 N–H and O–H groups in total. The van der Waals surface area contributed by atoms with E-state index in [1.54, 1.807) is 4.68 Å². The molecular weight excluding hydrogens is 216 g/mol. The van der Waals surface area contributed by atoms with Gasteiger partial charge >= 0.3 is 0 Å². The van der Waals surface area contributed by atoms with Crippen molar-refractivity contribution in [3.8, 4) is 0 Å². The van der Waals surface area contributed by atoms with Crippen LogP contribution in [-0.4, -0.2) is 28.0 Å². The molecule has 2 unspecified atom stereocenters. The number of nitrogens with zero attached hydrogens (tertiary/aromatic N) is 2. The van der Waals surface area contributed by atoms with Gasteiger partial charge in [-0.15, -0.1) is 0 Å². The van der Waals surface area contributed by atoms with Crippen LogP contribution in [0.1, 0.15) is 25.0 Å². The Balaban J connectivity index is 1.97. The molecule has 0 amide bonds. The smallest absolute Gasteiger partial charge is 0.147 e. The average molecular weight is 238 g/mol. The second-order valence-corrected chi connectivity index (χ2v) is 4.99. The number of nitrogens with two attached hydrogens (primary N) is 1. The van der Waals surface area contributed by atoms with Gasteiger partial charge in [-0.1, -0.05) is 6.42 Å². The van der Waals surface area contributed by atoms with E-state index in [1.165, 1.54) is 12.8 Å². The van der Waals surface area contributed by atoms with E-state index in [0.717, 1.165) is 30.2 Å². The fourth-order valence-electron chi connectivity index (χ4n) is 2.73. The van der Waals surface area contributed by atoms with E-state index >= 15 is 0 Å². The Bertz CT molecular complexity index is 388. The van der Waals surface area contributed by atoms with Crippen molar-refractivity contribution in [3.05, 3.63) is 5.69 Å². The van der Waals surface area contributed by atoms with Crippen molar-refractivity contribution >= 4 is 11.5 Å². The first-order chi connectivity index (χ1) is 8.13. The van der Waals surface area contributed by atoms with E-state index < -0.39 is 0 Å². The van der Waals surface area contributed by atoms with E-state index in [1.807, 2.05) is 14.0 Å². The quantitative estimate of drug-likeness (QED) is 0.735. The third-order valence-corrected chi connectivity index (χ3v) is 3.85. The number of anilines is 2. The molecule has 5 nitrogen and oxygen atoms in total. The molecule has 96 valence electrons. The van der Waals surface area contributed by atoms with Gasteiger partial charge in [0.15, 0.2) is 0 Å². The summed E-state index contributed by atoms with van der Waals surface area (Å²) in [7, 11) is 1.89. The molecule has 2 atom stereocenters. The summed E-state index contributed by atoms with van der Waals surface area (Å²) in [4.78, 5) is 0. The normalized spacial score (nSPS) is 24.2. The van der Waals surface area contributed by atoms with Crippen molar-refractivity contribution in [2.45, 2.75) is 26.2 Å². The van der Waals surface area contributed by atoms with E-state index in [0.29, 0.717) is 18.4 Å². The summed E-state index contributed by atoms with van der Waals surface area (Å²) < 4.78 is 1.79. The van der Waals surface area contributed by atoms with Crippen LogP contribution in [0.3, 0.4) is 0 Å². The minimum absolute atomic E-state index is 0.298. The standard InChI is InChI=1S/C12H22N4O/c1-8-11(13)12(16(2)15-8)14-6-9-4-3-5-10(9)7-17/h9-10,14,17H,3-7,13H2,1-2H3. The Morgan fingerprint density at radius 3 is 2.76 bits per heavy atom. The summed E-state index contributed by atoms with van der Waals surface area (Å²) in [6.07, 6.45) is 3.55. The highest BCUT2D eigenvalue weighted by atomic mass is 16.3. The first-order valence-electron chi connectivity index (χ1n) is 6.27. The molecule has 2 rings (SSSR count). The SMILES string of the molecule is Cc1nn(C)c(NCC2CCCC2CO)c1N. The number of nitrogens with one attached hydrogen (secondary N) is 1. The van der Waals surface area contributed by atoms with Gasteiger partial charge in [0, 0.05) is 20.2 Å². The molecule has 1 aliphatic rings. The number of hydrogen-bond acceptors (Lipinski definition) is 4. The Morgan fingerprint density at radius 2 is 2.18 bits per heavy atom. The van der Waals surface area contributed by atoms with Gasteiger partial charge < -0.3 is 16.2 Å². The second kappa shape index (κ2) is 4.96. The Labute approximate surface area is 102 Å². The van der Waals surface area contributed by atoms with E-state index in [2.05, 4.69) is 10.4 Å². The molecule has 1 aliphatic carbocycles. The number of nitrogen functional groups attached to an aromatic ring is 1. The third-order valence-electron chi connectivity index (χ3n) is 3.85. The minimum atomic E-state index is 0.298. The first-order valence-corrected chi connectivity index (χ1v) is 6.27. The Kier molecular flexibility index (Phi) is 3.57. The Morgan fingerprint density at radius 1 is 1.47 bits per heavy atom. The zero-order valence-corrected chi connectivity index (χ0v) is 10.6. The number of aromatic nitrogens is 2. The molecule has 0 aromatic carbocycles. The van der Waals surface area contributed by atoms with Gasteiger partial charge in [0.2, 0.25) is 0 Å². The maximum absolute atomic E-state index is 9.28. The maximum atomic E-state index is 9.28. The van der Waals surface area contributed by atoms with Crippen molar-refractivity contribution in [2.24, 2.45) is 18.9 Å². The average Bonchev–Trinajstić information content (AvgIpc) is 2.84. The highest BCUT2D eigenvalue weighted by molar-refractivity contribution is 5.64. The van der Waals surface area contributed by atoms with Crippen LogP contribution in [0.2, 0.25) is 0 Å². The van der Waals surface area contributed by atoms with E-state index in [-0.39, 0.29) is 0 Å². The number of aliphatic hydroxyl groups excluding tert-OH is 1. The number of hydrogen-bond donors (Lipinski definition) is 3. The maximum Gasteiger partial charge on any atom is 0.147 e. The zero-order valence-electron chi connectivity index (χ0n) is 10.6. The monoisotopic (exact) mass is 238 g/mol. The van der Waals surface area contributed by atoms with Crippen LogP contribution in [-0.2, 0) is 7.05 Å². The molecule has 1 aromatic heterocycles. The van der Waals surface area contributed by atoms with Crippen molar-refractivity contribution in [3.63, 3.8) is 0 Å². The highest BCUT2D eigenvalue weighted by Crippen LogP contribution is 2.32. The molecule has 1 saturated carbocycles. The molecule has 0 aliphatic heterocycles. The molecule has 0 radical (unpaired) electrons. The van der Waals surface area contributed by atoms with Gasteiger partial charge in [-0.25, -0.2) is 0 Å². The summed E-state index contributed by atoms with van der Waals surface area (Å²) >= 11 is 0. The van der Waals surface area contributed by atoms with Gasteiger partial charge in [-0.3, -0.25) is 4.68 Å². The lowest BCUT2D eigenvalue weighted by Crippen LogP contribution is -2.22.